The molecule has 2 rings (SSSR count). The summed E-state index contributed by atoms with van der Waals surface area (Å²) in [5.41, 5.74) is 8.56. The van der Waals surface area contributed by atoms with Gasteiger partial charge in [-0.15, -0.1) is 0 Å². The molecule has 0 saturated heterocycles. The van der Waals surface area contributed by atoms with Gasteiger partial charge in [-0.25, -0.2) is 0 Å². The van der Waals surface area contributed by atoms with Crippen LogP contribution in [0.4, 0.5) is 0 Å². The summed E-state index contributed by atoms with van der Waals surface area (Å²) in [6.45, 7) is 3.19. The molecule has 5 heteroatoms. The number of nitrogens with zero attached hydrogens (tertiary/aromatic N) is 3. The van der Waals surface area contributed by atoms with Crippen LogP contribution in [0.5, 0.6) is 0 Å². The van der Waals surface area contributed by atoms with E-state index in [-0.39, 0.29) is 0 Å². The highest BCUT2D eigenvalue weighted by atomic mass is 35.5. The number of hydrogen-bond acceptors (Lipinski definition) is 2. The Morgan fingerprint density at radius 1 is 1.50 bits per heavy atom. The van der Waals surface area contributed by atoms with Gasteiger partial charge in [0.05, 0.1) is 23.0 Å². The molecule has 2 heterocycles. The van der Waals surface area contributed by atoms with Gasteiger partial charge in [0.1, 0.15) is 0 Å². The molecule has 0 aromatic carbocycles. The Labute approximate surface area is 99.6 Å². The van der Waals surface area contributed by atoms with Gasteiger partial charge in [0, 0.05) is 26.0 Å². The van der Waals surface area contributed by atoms with E-state index < -0.39 is 0 Å². The zero-order valence-electron chi connectivity index (χ0n) is 9.44. The number of hydrogen-bond donors (Lipinski definition) is 1. The molecule has 0 atom stereocenters. The standard InChI is InChI=1S/C11H15ClN4/c1-8-11(12)10(15(2)14-8)7-16-4-3-9(5-13)6-16/h3-4,6H,5,7,13H2,1-2H3. The Bertz CT molecular complexity index is 498. The van der Waals surface area contributed by atoms with E-state index in [2.05, 4.69) is 9.67 Å². The molecule has 2 aromatic heterocycles. The molecule has 0 saturated carbocycles. The maximum atomic E-state index is 6.18. The van der Waals surface area contributed by atoms with Crippen molar-refractivity contribution in [2.75, 3.05) is 0 Å². The third kappa shape index (κ3) is 1.99. The maximum absolute atomic E-state index is 6.18. The van der Waals surface area contributed by atoms with Crippen molar-refractivity contribution in [3.05, 3.63) is 40.4 Å². The average Bonchev–Trinajstić information content (AvgIpc) is 2.80. The van der Waals surface area contributed by atoms with Crippen LogP contribution < -0.4 is 5.73 Å². The summed E-state index contributed by atoms with van der Waals surface area (Å²) in [7, 11) is 1.90. The maximum Gasteiger partial charge on any atom is 0.0865 e. The summed E-state index contributed by atoms with van der Waals surface area (Å²) in [5, 5.41) is 5.02. The monoisotopic (exact) mass is 238 g/mol. The van der Waals surface area contributed by atoms with Crippen molar-refractivity contribution in [2.24, 2.45) is 12.8 Å². The number of halogens is 1. The van der Waals surface area contributed by atoms with E-state index in [0.29, 0.717) is 6.54 Å². The van der Waals surface area contributed by atoms with Crippen molar-refractivity contribution in [3.63, 3.8) is 0 Å². The number of rotatable bonds is 3. The summed E-state index contributed by atoms with van der Waals surface area (Å²) in [6.07, 6.45) is 4.03. The van der Waals surface area contributed by atoms with Gasteiger partial charge < -0.3 is 10.3 Å². The Morgan fingerprint density at radius 3 is 2.75 bits per heavy atom. The molecule has 0 spiro atoms. The lowest BCUT2D eigenvalue weighted by Gasteiger charge is -2.04. The van der Waals surface area contributed by atoms with E-state index in [1.807, 2.05) is 37.1 Å². The lowest BCUT2D eigenvalue weighted by Crippen LogP contribution is -2.04. The Morgan fingerprint density at radius 2 is 2.25 bits per heavy atom. The second-order valence-corrected chi connectivity index (χ2v) is 4.24. The largest absolute Gasteiger partial charge is 0.348 e. The summed E-state index contributed by atoms with van der Waals surface area (Å²) in [5.74, 6) is 0. The zero-order chi connectivity index (χ0) is 11.7. The molecule has 0 unspecified atom stereocenters. The van der Waals surface area contributed by atoms with Gasteiger partial charge >= 0.3 is 0 Å². The summed E-state index contributed by atoms with van der Waals surface area (Å²) in [6, 6.07) is 2.01. The first-order valence-corrected chi connectivity index (χ1v) is 5.52. The minimum atomic E-state index is 0.561. The molecule has 86 valence electrons. The SMILES string of the molecule is Cc1nn(C)c(Cn2ccc(CN)c2)c1Cl. The molecule has 2 aromatic rings. The summed E-state index contributed by atoms with van der Waals surface area (Å²) >= 11 is 6.18. The van der Waals surface area contributed by atoms with Crippen LogP contribution in [0.15, 0.2) is 18.5 Å². The highest BCUT2D eigenvalue weighted by molar-refractivity contribution is 6.31. The summed E-state index contributed by atoms with van der Waals surface area (Å²) in [4.78, 5) is 0. The van der Waals surface area contributed by atoms with Gasteiger partial charge in [-0.3, -0.25) is 4.68 Å². The highest BCUT2D eigenvalue weighted by Gasteiger charge is 2.11. The Balaban J connectivity index is 2.26. The number of nitrogens with two attached hydrogens (primary N) is 1. The third-order valence-corrected chi connectivity index (χ3v) is 3.13. The van der Waals surface area contributed by atoms with E-state index in [9.17, 15) is 0 Å². The van der Waals surface area contributed by atoms with E-state index in [1.54, 1.807) is 0 Å². The van der Waals surface area contributed by atoms with Crippen LogP contribution in [-0.4, -0.2) is 14.3 Å². The quantitative estimate of drug-likeness (QED) is 0.885. The van der Waals surface area contributed by atoms with Crippen LogP contribution >= 0.6 is 11.6 Å². The van der Waals surface area contributed by atoms with Crippen LogP contribution in [0.2, 0.25) is 5.02 Å². The minimum absolute atomic E-state index is 0.561. The second kappa shape index (κ2) is 4.31. The Kier molecular flexibility index (Phi) is 3.03. The van der Waals surface area contributed by atoms with Gasteiger partial charge in [-0.05, 0) is 18.6 Å². The van der Waals surface area contributed by atoms with Crippen molar-refractivity contribution in [1.82, 2.24) is 14.3 Å². The van der Waals surface area contributed by atoms with E-state index in [4.69, 9.17) is 17.3 Å². The molecule has 0 aliphatic heterocycles. The normalized spacial score (nSPS) is 11.0. The number of aromatic nitrogens is 3. The smallest absolute Gasteiger partial charge is 0.0865 e. The van der Waals surface area contributed by atoms with Crippen molar-refractivity contribution in [1.29, 1.82) is 0 Å². The predicted octanol–water partition coefficient (Wildman–Crippen LogP) is 1.69. The number of aryl methyl sites for hydroxylation is 2. The van der Waals surface area contributed by atoms with Crippen molar-refractivity contribution in [3.8, 4) is 0 Å². The van der Waals surface area contributed by atoms with Gasteiger partial charge in [-0.1, -0.05) is 11.6 Å². The fraction of sp³-hybridized carbons (Fsp3) is 0.364. The minimum Gasteiger partial charge on any atom is -0.348 e. The average molecular weight is 239 g/mol. The molecule has 0 aliphatic carbocycles. The van der Waals surface area contributed by atoms with Gasteiger partial charge in [0.25, 0.3) is 0 Å². The fourth-order valence-corrected chi connectivity index (χ4v) is 1.95. The lowest BCUT2D eigenvalue weighted by atomic mass is 10.3. The first-order chi connectivity index (χ1) is 7.61. The van der Waals surface area contributed by atoms with Gasteiger partial charge in [0.2, 0.25) is 0 Å². The fourth-order valence-electron chi connectivity index (χ4n) is 1.73. The van der Waals surface area contributed by atoms with Crippen LogP contribution in [0.25, 0.3) is 0 Å². The highest BCUT2D eigenvalue weighted by Crippen LogP contribution is 2.20. The van der Waals surface area contributed by atoms with Crippen LogP contribution in [0, 0.1) is 6.92 Å². The molecule has 0 fully saturated rings. The molecule has 0 bridgehead atoms. The second-order valence-electron chi connectivity index (χ2n) is 3.87. The Hall–Kier alpha value is -1.26. The van der Waals surface area contributed by atoms with Crippen molar-refractivity contribution in [2.45, 2.75) is 20.0 Å². The van der Waals surface area contributed by atoms with Crippen molar-refractivity contribution < 1.29 is 0 Å². The first kappa shape index (κ1) is 11.2. The molecule has 16 heavy (non-hydrogen) atoms. The molecule has 0 aliphatic rings. The van der Waals surface area contributed by atoms with Crippen LogP contribution in [0.1, 0.15) is 17.0 Å². The van der Waals surface area contributed by atoms with Crippen molar-refractivity contribution >= 4 is 11.6 Å². The topological polar surface area (TPSA) is 48.8 Å². The zero-order valence-corrected chi connectivity index (χ0v) is 10.2. The molecule has 0 radical (unpaired) electrons. The lowest BCUT2D eigenvalue weighted by molar-refractivity contribution is 0.664. The first-order valence-electron chi connectivity index (χ1n) is 5.14. The van der Waals surface area contributed by atoms with E-state index >= 15 is 0 Å². The predicted molar refractivity (Wildman–Crippen MR) is 64.4 cm³/mol. The van der Waals surface area contributed by atoms with Gasteiger partial charge in [-0.2, -0.15) is 5.10 Å². The molecule has 0 amide bonds. The van der Waals surface area contributed by atoms with Gasteiger partial charge in [0.15, 0.2) is 0 Å². The van der Waals surface area contributed by atoms with Crippen LogP contribution in [-0.2, 0) is 20.1 Å². The summed E-state index contributed by atoms with van der Waals surface area (Å²) < 4.78 is 3.88. The van der Waals surface area contributed by atoms with E-state index in [1.165, 1.54) is 0 Å². The van der Waals surface area contributed by atoms with Crippen LogP contribution in [0.3, 0.4) is 0 Å². The molecule has 4 nitrogen and oxygen atoms in total. The van der Waals surface area contributed by atoms with E-state index in [0.717, 1.165) is 28.5 Å². The third-order valence-electron chi connectivity index (χ3n) is 2.64. The molecule has 2 N–H and O–H groups in total. The molecular formula is C11H15ClN4. The molecular weight excluding hydrogens is 224 g/mol.